The van der Waals surface area contributed by atoms with E-state index in [1.165, 1.54) is 13.3 Å². The van der Waals surface area contributed by atoms with Crippen LogP contribution in [0.3, 0.4) is 0 Å². The van der Waals surface area contributed by atoms with Crippen LogP contribution in [0.2, 0.25) is 0 Å². The standard InChI is InChI=1S/C15H19F3N2O3/c1-23-13-3-2-9(8-19-13)14(10-6-11(21)7-10)20-12(22)4-5-15(16,17)18/h2-3,8,10-11,14,21H,4-7H2,1H3,(H,20,22)/t10?,11?,14-/m1/s1. The largest absolute Gasteiger partial charge is 0.481 e. The van der Waals surface area contributed by atoms with Gasteiger partial charge in [-0.15, -0.1) is 0 Å². The van der Waals surface area contributed by atoms with E-state index in [0.717, 1.165) is 0 Å². The molecule has 1 fully saturated rings. The summed E-state index contributed by atoms with van der Waals surface area (Å²) >= 11 is 0. The molecule has 23 heavy (non-hydrogen) atoms. The van der Waals surface area contributed by atoms with Crippen LogP contribution in [0, 0.1) is 5.92 Å². The molecule has 2 N–H and O–H groups in total. The number of carbonyl (C=O) groups is 1. The number of rotatable bonds is 6. The van der Waals surface area contributed by atoms with Crippen LogP contribution in [-0.4, -0.2) is 35.4 Å². The van der Waals surface area contributed by atoms with E-state index >= 15 is 0 Å². The number of aliphatic hydroxyl groups is 1. The third kappa shape index (κ3) is 5.09. The molecule has 1 aliphatic rings. The Balaban J connectivity index is 2.03. The number of hydrogen-bond acceptors (Lipinski definition) is 4. The number of pyridine rings is 1. The summed E-state index contributed by atoms with van der Waals surface area (Å²) in [6.45, 7) is 0. The predicted molar refractivity (Wildman–Crippen MR) is 75.7 cm³/mol. The highest BCUT2D eigenvalue weighted by Crippen LogP contribution is 2.38. The third-order valence-corrected chi connectivity index (χ3v) is 3.90. The zero-order chi connectivity index (χ0) is 17.0. The maximum atomic E-state index is 12.2. The van der Waals surface area contributed by atoms with Crippen molar-refractivity contribution in [2.45, 2.75) is 44.0 Å². The molecule has 5 nitrogen and oxygen atoms in total. The molecular weight excluding hydrogens is 313 g/mol. The van der Waals surface area contributed by atoms with Crippen LogP contribution < -0.4 is 10.1 Å². The van der Waals surface area contributed by atoms with Crippen molar-refractivity contribution in [2.75, 3.05) is 7.11 Å². The molecule has 0 bridgehead atoms. The van der Waals surface area contributed by atoms with Gasteiger partial charge in [0.05, 0.1) is 25.7 Å². The molecule has 1 aromatic rings. The van der Waals surface area contributed by atoms with Gasteiger partial charge in [-0.2, -0.15) is 13.2 Å². The van der Waals surface area contributed by atoms with Crippen molar-refractivity contribution in [1.29, 1.82) is 0 Å². The number of aromatic nitrogens is 1. The van der Waals surface area contributed by atoms with E-state index in [9.17, 15) is 23.1 Å². The molecule has 0 aromatic carbocycles. The highest BCUT2D eigenvalue weighted by Gasteiger charge is 2.36. The lowest BCUT2D eigenvalue weighted by Crippen LogP contribution is -2.41. The summed E-state index contributed by atoms with van der Waals surface area (Å²) in [5, 5.41) is 12.1. The Hall–Kier alpha value is -1.83. The van der Waals surface area contributed by atoms with Gasteiger partial charge in [-0.05, 0) is 24.3 Å². The Morgan fingerprint density at radius 2 is 2.17 bits per heavy atom. The number of hydrogen-bond donors (Lipinski definition) is 2. The average molecular weight is 332 g/mol. The number of nitrogens with zero attached hydrogens (tertiary/aromatic N) is 1. The van der Waals surface area contributed by atoms with Crippen LogP contribution in [0.25, 0.3) is 0 Å². The smallest absolute Gasteiger partial charge is 0.389 e. The molecular formula is C15H19F3N2O3. The van der Waals surface area contributed by atoms with E-state index in [1.54, 1.807) is 12.1 Å². The zero-order valence-corrected chi connectivity index (χ0v) is 12.6. The first-order valence-corrected chi connectivity index (χ1v) is 7.32. The first-order valence-electron chi connectivity index (χ1n) is 7.32. The Kier molecular flexibility index (Phi) is 5.46. The van der Waals surface area contributed by atoms with Crippen molar-refractivity contribution in [2.24, 2.45) is 5.92 Å². The van der Waals surface area contributed by atoms with Crippen LogP contribution in [0.4, 0.5) is 13.2 Å². The summed E-state index contributed by atoms with van der Waals surface area (Å²) < 4.78 is 41.6. The molecule has 0 aliphatic heterocycles. The minimum absolute atomic E-state index is 0.0185. The molecule has 8 heteroatoms. The van der Waals surface area contributed by atoms with E-state index in [2.05, 4.69) is 10.3 Å². The molecule has 0 radical (unpaired) electrons. The monoisotopic (exact) mass is 332 g/mol. The molecule has 1 aromatic heterocycles. The molecule has 2 rings (SSSR count). The number of nitrogens with one attached hydrogen (secondary N) is 1. The van der Waals surface area contributed by atoms with E-state index in [4.69, 9.17) is 4.74 Å². The first-order chi connectivity index (χ1) is 10.8. The fraction of sp³-hybridized carbons (Fsp3) is 0.600. The van der Waals surface area contributed by atoms with Crippen LogP contribution in [0.1, 0.15) is 37.3 Å². The van der Waals surface area contributed by atoms with Crippen LogP contribution in [0.5, 0.6) is 5.88 Å². The molecule has 1 saturated carbocycles. The van der Waals surface area contributed by atoms with Gasteiger partial charge >= 0.3 is 6.18 Å². The number of aliphatic hydroxyl groups excluding tert-OH is 1. The molecule has 1 aliphatic carbocycles. The van der Waals surface area contributed by atoms with Gasteiger partial charge in [0, 0.05) is 18.7 Å². The van der Waals surface area contributed by atoms with Gasteiger partial charge in [0.15, 0.2) is 0 Å². The maximum absolute atomic E-state index is 12.2. The Labute approximate surface area is 131 Å². The zero-order valence-electron chi connectivity index (χ0n) is 12.6. The Morgan fingerprint density at radius 3 is 2.65 bits per heavy atom. The number of ether oxygens (including phenoxy) is 1. The summed E-state index contributed by atoms with van der Waals surface area (Å²) in [6.07, 6.45) is -4.04. The van der Waals surface area contributed by atoms with Crippen molar-refractivity contribution < 1.29 is 27.8 Å². The minimum atomic E-state index is -4.36. The van der Waals surface area contributed by atoms with Gasteiger partial charge in [0.25, 0.3) is 0 Å². The summed E-state index contributed by atoms with van der Waals surface area (Å²) in [4.78, 5) is 15.9. The molecule has 1 amide bonds. The van der Waals surface area contributed by atoms with Crippen molar-refractivity contribution >= 4 is 5.91 Å². The normalized spacial score (nSPS) is 22.1. The lowest BCUT2D eigenvalue weighted by Gasteiger charge is -2.38. The Morgan fingerprint density at radius 1 is 1.48 bits per heavy atom. The lowest BCUT2D eigenvalue weighted by atomic mass is 9.75. The van der Waals surface area contributed by atoms with Crippen molar-refractivity contribution in [3.63, 3.8) is 0 Å². The minimum Gasteiger partial charge on any atom is -0.481 e. The first kappa shape index (κ1) is 17.5. The van der Waals surface area contributed by atoms with Crippen molar-refractivity contribution in [3.05, 3.63) is 23.9 Å². The summed E-state index contributed by atoms with van der Waals surface area (Å²) in [7, 11) is 1.47. The highest BCUT2D eigenvalue weighted by molar-refractivity contribution is 5.76. The number of carbonyl (C=O) groups excluding carboxylic acids is 1. The lowest BCUT2D eigenvalue weighted by molar-refractivity contribution is -0.144. The van der Waals surface area contributed by atoms with Gasteiger partial charge in [-0.1, -0.05) is 6.07 Å². The van der Waals surface area contributed by atoms with Crippen LogP contribution >= 0.6 is 0 Å². The Bertz CT molecular complexity index is 528. The second-order valence-electron chi connectivity index (χ2n) is 5.68. The van der Waals surface area contributed by atoms with Gasteiger partial charge in [-0.25, -0.2) is 4.98 Å². The second kappa shape index (κ2) is 7.16. The summed E-state index contributed by atoms with van der Waals surface area (Å²) in [5.41, 5.74) is 0.683. The predicted octanol–water partition coefficient (Wildman–Crippen LogP) is 2.36. The van der Waals surface area contributed by atoms with E-state index in [1.807, 2.05) is 0 Å². The van der Waals surface area contributed by atoms with Gasteiger partial charge in [0.2, 0.25) is 11.8 Å². The van der Waals surface area contributed by atoms with E-state index in [0.29, 0.717) is 24.3 Å². The molecule has 0 spiro atoms. The van der Waals surface area contributed by atoms with Gasteiger partial charge in [0.1, 0.15) is 0 Å². The van der Waals surface area contributed by atoms with E-state index in [-0.39, 0.29) is 5.92 Å². The van der Waals surface area contributed by atoms with Crippen molar-refractivity contribution in [3.8, 4) is 5.88 Å². The fourth-order valence-corrected chi connectivity index (χ4v) is 2.57. The summed E-state index contributed by atoms with van der Waals surface area (Å²) in [5.74, 6) is -0.274. The quantitative estimate of drug-likeness (QED) is 0.839. The number of amides is 1. The van der Waals surface area contributed by atoms with E-state index < -0.39 is 37.1 Å². The molecule has 0 saturated heterocycles. The molecule has 1 atom stereocenters. The SMILES string of the molecule is COc1ccc([C@@H](NC(=O)CCC(F)(F)F)C2CC(O)C2)cn1. The van der Waals surface area contributed by atoms with Crippen LogP contribution in [0.15, 0.2) is 18.3 Å². The highest BCUT2D eigenvalue weighted by atomic mass is 19.4. The van der Waals surface area contributed by atoms with Crippen molar-refractivity contribution in [1.82, 2.24) is 10.3 Å². The number of halogens is 3. The summed E-state index contributed by atoms with van der Waals surface area (Å²) in [6, 6.07) is 2.88. The average Bonchev–Trinajstić information content (AvgIpc) is 2.47. The van der Waals surface area contributed by atoms with Crippen LogP contribution in [-0.2, 0) is 4.79 Å². The second-order valence-corrected chi connectivity index (χ2v) is 5.68. The third-order valence-electron chi connectivity index (χ3n) is 3.90. The number of alkyl halides is 3. The molecule has 0 unspecified atom stereocenters. The topological polar surface area (TPSA) is 71.5 Å². The number of methoxy groups -OCH3 is 1. The van der Waals surface area contributed by atoms with Gasteiger partial charge < -0.3 is 15.2 Å². The van der Waals surface area contributed by atoms with Gasteiger partial charge in [-0.3, -0.25) is 4.79 Å². The fourth-order valence-electron chi connectivity index (χ4n) is 2.57. The maximum Gasteiger partial charge on any atom is 0.389 e. The molecule has 1 heterocycles. The molecule has 128 valence electrons.